The Bertz CT molecular complexity index is 958. The molecule has 0 N–H and O–H groups in total. The predicted molar refractivity (Wildman–Crippen MR) is 106 cm³/mol. The van der Waals surface area contributed by atoms with Crippen molar-refractivity contribution in [2.45, 2.75) is 13.1 Å². The van der Waals surface area contributed by atoms with Crippen LogP contribution in [0.3, 0.4) is 0 Å². The average molecular weight is 409 g/mol. The summed E-state index contributed by atoms with van der Waals surface area (Å²) in [6.07, 6.45) is 1.76. The molecule has 0 unspecified atom stereocenters. The first-order valence-electron chi connectivity index (χ1n) is 8.43. The lowest BCUT2D eigenvalue weighted by Gasteiger charge is -2.34. The van der Waals surface area contributed by atoms with Crippen molar-refractivity contribution < 1.29 is 0 Å². The van der Waals surface area contributed by atoms with E-state index in [2.05, 4.69) is 14.8 Å². The number of hydrogen-bond donors (Lipinski definition) is 0. The SMILES string of the molecule is O=c1cc(CN2CCN(Cc3c(Cl)cccc3Cl)CC2)nc2sccn12. The first-order valence-corrected chi connectivity index (χ1v) is 10.1. The van der Waals surface area contributed by atoms with E-state index in [1.807, 2.05) is 23.6 Å². The maximum atomic E-state index is 12.1. The number of halogens is 2. The minimum atomic E-state index is -0.0155. The molecular weight excluding hydrogens is 391 g/mol. The van der Waals surface area contributed by atoms with Crippen molar-refractivity contribution in [2.75, 3.05) is 26.2 Å². The van der Waals surface area contributed by atoms with Crippen LogP contribution in [0, 0.1) is 0 Å². The lowest BCUT2D eigenvalue weighted by Crippen LogP contribution is -2.45. The number of nitrogens with zero attached hydrogens (tertiary/aromatic N) is 4. The highest BCUT2D eigenvalue weighted by Gasteiger charge is 2.19. The summed E-state index contributed by atoms with van der Waals surface area (Å²) in [6.45, 7) is 5.17. The van der Waals surface area contributed by atoms with Crippen LogP contribution in [0.1, 0.15) is 11.3 Å². The Morgan fingerprint density at radius 2 is 1.69 bits per heavy atom. The van der Waals surface area contributed by atoms with Crippen LogP contribution in [0.4, 0.5) is 0 Å². The molecule has 136 valence electrons. The molecule has 1 aromatic carbocycles. The van der Waals surface area contributed by atoms with Crippen molar-refractivity contribution in [1.82, 2.24) is 19.2 Å². The molecule has 1 aliphatic heterocycles. The first kappa shape index (κ1) is 17.9. The van der Waals surface area contributed by atoms with Gasteiger partial charge >= 0.3 is 0 Å². The van der Waals surface area contributed by atoms with Gasteiger partial charge in [-0.1, -0.05) is 29.3 Å². The van der Waals surface area contributed by atoms with Gasteiger partial charge in [0.2, 0.25) is 0 Å². The van der Waals surface area contributed by atoms with Gasteiger partial charge in [-0.25, -0.2) is 4.98 Å². The molecule has 4 rings (SSSR count). The van der Waals surface area contributed by atoms with E-state index in [4.69, 9.17) is 23.2 Å². The highest BCUT2D eigenvalue weighted by molar-refractivity contribution is 7.15. The third-order valence-electron chi connectivity index (χ3n) is 4.65. The van der Waals surface area contributed by atoms with Crippen LogP contribution < -0.4 is 5.56 Å². The molecule has 26 heavy (non-hydrogen) atoms. The van der Waals surface area contributed by atoms with Crippen molar-refractivity contribution in [2.24, 2.45) is 0 Å². The Hall–Kier alpha value is -1.44. The molecule has 2 aromatic heterocycles. The molecule has 3 heterocycles. The molecular formula is C18H18Cl2N4OS. The summed E-state index contributed by atoms with van der Waals surface area (Å²) < 4.78 is 1.58. The van der Waals surface area contributed by atoms with Gasteiger partial charge in [-0.2, -0.15) is 0 Å². The zero-order valence-corrected chi connectivity index (χ0v) is 16.4. The highest BCUT2D eigenvalue weighted by atomic mass is 35.5. The Kier molecular flexibility index (Phi) is 5.29. The average Bonchev–Trinajstić information content (AvgIpc) is 3.09. The molecule has 0 bridgehead atoms. The lowest BCUT2D eigenvalue weighted by atomic mass is 10.2. The van der Waals surface area contributed by atoms with Crippen molar-refractivity contribution in [3.8, 4) is 0 Å². The summed E-state index contributed by atoms with van der Waals surface area (Å²) >= 11 is 14.0. The molecule has 1 aliphatic rings. The maximum Gasteiger partial charge on any atom is 0.258 e. The van der Waals surface area contributed by atoms with E-state index in [-0.39, 0.29) is 5.56 Å². The van der Waals surface area contributed by atoms with Gasteiger partial charge in [0.1, 0.15) is 0 Å². The van der Waals surface area contributed by atoms with Gasteiger partial charge in [-0.15, -0.1) is 11.3 Å². The van der Waals surface area contributed by atoms with Crippen molar-refractivity contribution in [1.29, 1.82) is 0 Å². The van der Waals surface area contributed by atoms with E-state index < -0.39 is 0 Å². The molecule has 0 radical (unpaired) electrons. The summed E-state index contributed by atoms with van der Waals surface area (Å²) in [5, 5.41) is 3.31. The van der Waals surface area contributed by atoms with Crippen LogP contribution in [-0.2, 0) is 13.1 Å². The van der Waals surface area contributed by atoms with Crippen molar-refractivity contribution in [3.63, 3.8) is 0 Å². The van der Waals surface area contributed by atoms with Crippen LogP contribution in [0.25, 0.3) is 4.96 Å². The topological polar surface area (TPSA) is 40.9 Å². The second kappa shape index (κ2) is 7.66. The molecule has 0 saturated carbocycles. The van der Waals surface area contributed by atoms with Crippen molar-refractivity contribution >= 4 is 39.5 Å². The molecule has 1 fully saturated rings. The van der Waals surface area contributed by atoms with E-state index in [0.29, 0.717) is 16.6 Å². The third-order valence-corrected chi connectivity index (χ3v) is 6.11. The summed E-state index contributed by atoms with van der Waals surface area (Å²) in [7, 11) is 0. The number of thiazole rings is 1. The highest BCUT2D eigenvalue weighted by Crippen LogP contribution is 2.26. The molecule has 8 heteroatoms. The standard InChI is InChI=1S/C18H18Cl2N4OS/c19-15-2-1-3-16(20)14(15)12-23-6-4-22(5-7-23)11-13-10-17(25)24-8-9-26-18(24)21-13/h1-3,8-10H,4-7,11-12H2. The van der Waals surface area contributed by atoms with Crippen molar-refractivity contribution in [3.05, 3.63) is 67.5 Å². The smallest absolute Gasteiger partial charge is 0.258 e. The Labute approximate surface area is 165 Å². The van der Waals surface area contributed by atoms with E-state index in [0.717, 1.165) is 48.9 Å². The molecule has 0 spiro atoms. The van der Waals surface area contributed by atoms with Crippen LogP contribution in [-0.4, -0.2) is 45.4 Å². The summed E-state index contributed by atoms with van der Waals surface area (Å²) in [4.78, 5) is 22.1. The third kappa shape index (κ3) is 3.80. The van der Waals surface area contributed by atoms with Crippen LogP contribution in [0.2, 0.25) is 10.0 Å². The first-order chi connectivity index (χ1) is 12.6. The molecule has 0 atom stereocenters. The van der Waals surface area contributed by atoms with Crippen LogP contribution in [0.15, 0.2) is 40.6 Å². The van der Waals surface area contributed by atoms with Gasteiger partial charge < -0.3 is 0 Å². The zero-order chi connectivity index (χ0) is 18.1. The van der Waals surface area contributed by atoms with Gasteiger partial charge in [-0.05, 0) is 12.1 Å². The normalized spacial score (nSPS) is 16.4. The Balaban J connectivity index is 1.38. The fourth-order valence-corrected chi connectivity index (χ4v) is 4.47. The lowest BCUT2D eigenvalue weighted by molar-refractivity contribution is 0.121. The van der Waals surface area contributed by atoms with Gasteiger partial charge in [-0.3, -0.25) is 19.0 Å². The molecule has 0 aliphatic carbocycles. The number of rotatable bonds is 4. The Morgan fingerprint density at radius 1 is 1.04 bits per heavy atom. The van der Waals surface area contributed by atoms with Gasteiger partial charge in [0.25, 0.3) is 5.56 Å². The summed E-state index contributed by atoms with van der Waals surface area (Å²) in [5.41, 5.74) is 1.81. The fourth-order valence-electron chi connectivity index (χ4n) is 3.21. The van der Waals surface area contributed by atoms with Crippen LogP contribution >= 0.6 is 34.5 Å². The molecule has 1 saturated heterocycles. The molecule has 3 aromatic rings. The number of piperazine rings is 1. The second-order valence-electron chi connectivity index (χ2n) is 6.39. The molecule has 0 amide bonds. The number of hydrogen-bond acceptors (Lipinski definition) is 5. The predicted octanol–water partition coefficient (Wildman–Crippen LogP) is 3.38. The van der Waals surface area contributed by atoms with Gasteiger partial charge in [0.05, 0.1) is 5.69 Å². The van der Waals surface area contributed by atoms with Gasteiger partial charge in [0, 0.05) is 72.5 Å². The van der Waals surface area contributed by atoms with E-state index in [9.17, 15) is 4.79 Å². The monoisotopic (exact) mass is 408 g/mol. The second-order valence-corrected chi connectivity index (χ2v) is 8.08. The van der Waals surface area contributed by atoms with Crippen LogP contribution in [0.5, 0.6) is 0 Å². The van der Waals surface area contributed by atoms with E-state index in [1.165, 1.54) is 11.3 Å². The van der Waals surface area contributed by atoms with E-state index in [1.54, 1.807) is 16.7 Å². The zero-order valence-electron chi connectivity index (χ0n) is 14.1. The number of aromatic nitrogens is 2. The molecule has 5 nitrogen and oxygen atoms in total. The Morgan fingerprint density at radius 3 is 2.38 bits per heavy atom. The van der Waals surface area contributed by atoms with Gasteiger partial charge in [0.15, 0.2) is 4.96 Å². The quantitative estimate of drug-likeness (QED) is 0.663. The number of fused-ring (bicyclic) bond motifs is 1. The minimum absolute atomic E-state index is 0.0155. The fraction of sp³-hybridized carbons (Fsp3) is 0.333. The maximum absolute atomic E-state index is 12.1. The summed E-state index contributed by atoms with van der Waals surface area (Å²) in [5.74, 6) is 0. The van der Waals surface area contributed by atoms with E-state index >= 15 is 0 Å². The number of benzene rings is 1. The minimum Gasteiger partial charge on any atom is -0.296 e. The summed E-state index contributed by atoms with van der Waals surface area (Å²) in [6, 6.07) is 7.26. The largest absolute Gasteiger partial charge is 0.296 e.